The van der Waals surface area contributed by atoms with Crippen LogP contribution in [0.15, 0.2) is 22.7 Å². The van der Waals surface area contributed by atoms with Gasteiger partial charge in [0, 0.05) is 16.6 Å². The van der Waals surface area contributed by atoms with E-state index in [1.807, 2.05) is 13.8 Å². The summed E-state index contributed by atoms with van der Waals surface area (Å²) in [4.78, 5) is 12.0. The first-order chi connectivity index (χ1) is 8.43. The van der Waals surface area contributed by atoms with Gasteiger partial charge in [-0.3, -0.25) is 4.79 Å². The molecule has 0 bridgehead atoms. The molecule has 0 aliphatic carbocycles. The second-order valence-electron chi connectivity index (χ2n) is 4.35. The normalized spacial score (nSPS) is 11.4. The Morgan fingerprint density at radius 2 is 2.06 bits per heavy atom. The van der Waals surface area contributed by atoms with Crippen LogP contribution in [0.4, 0.5) is 0 Å². The van der Waals surface area contributed by atoms with Crippen molar-refractivity contribution in [3.05, 3.63) is 33.3 Å². The van der Waals surface area contributed by atoms with Crippen LogP contribution in [0.5, 0.6) is 0 Å². The monoisotopic (exact) mass is 332 g/mol. The second-order valence-corrected chi connectivity index (χ2v) is 5.59. The molecule has 5 heteroatoms. The fraction of sp³-hybridized carbons (Fsp3) is 0.462. The number of halogens is 2. The van der Waals surface area contributed by atoms with Gasteiger partial charge < -0.3 is 11.1 Å². The van der Waals surface area contributed by atoms with Crippen LogP contribution in [0.2, 0.25) is 5.02 Å². The molecular weight excluding hydrogens is 316 g/mol. The summed E-state index contributed by atoms with van der Waals surface area (Å²) in [6.45, 7) is 4.48. The molecule has 0 unspecified atom stereocenters. The lowest BCUT2D eigenvalue weighted by Gasteiger charge is -2.26. The van der Waals surface area contributed by atoms with Gasteiger partial charge in [-0.2, -0.15) is 0 Å². The Kier molecular flexibility index (Phi) is 5.63. The minimum Gasteiger partial charge on any atom is -0.350 e. The van der Waals surface area contributed by atoms with E-state index in [1.54, 1.807) is 18.2 Å². The van der Waals surface area contributed by atoms with Gasteiger partial charge in [-0.1, -0.05) is 31.5 Å². The van der Waals surface area contributed by atoms with E-state index in [2.05, 4.69) is 21.2 Å². The number of amides is 1. The molecule has 0 aliphatic rings. The summed E-state index contributed by atoms with van der Waals surface area (Å²) in [5.41, 5.74) is 6.24. The molecule has 1 aromatic carbocycles. The van der Waals surface area contributed by atoms with Crippen molar-refractivity contribution in [2.75, 3.05) is 6.54 Å². The highest BCUT2D eigenvalue weighted by molar-refractivity contribution is 9.10. The lowest BCUT2D eigenvalue weighted by atomic mass is 9.94. The Morgan fingerprint density at radius 3 is 2.61 bits per heavy atom. The van der Waals surface area contributed by atoms with E-state index in [1.165, 1.54) is 0 Å². The van der Waals surface area contributed by atoms with Crippen LogP contribution in [0.1, 0.15) is 37.0 Å². The number of nitrogens with two attached hydrogens (primary N) is 1. The zero-order chi connectivity index (χ0) is 13.8. The van der Waals surface area contributed by atoms with Crippen molar-refractivity contribution in [2.45, 2.75) is 32.2 Å². The molecule has 18 heavy (non-hydrogen) atoms. The van der Waals surface area contributed by atoms with Gasteiger partial charge in [0.05, 0.1) is 10.6 Å². The van der Waals surface area contributed by atoms with E-state index in [9.17, 15) is 4.79 Å². The molecule has 100 valence electrons. The standard InChI is InChI=1S/C13H18BrClN2O/c1-3-13(16,4-2)8-17-12(18)9-6-5-7-10(14)11(9)15/h5-7H,3-4,8,16H2,1-2H3,(H,17,18). The summed E-state index contributed by atoms with van der Waals surface area (Å²) in [5.74, 6) is -0.196. The van der Waals surface area contributed by atoms with E-state index >= 15 is 0 Å². The zero-order valence-corrected chi connectivity index (χ0v) is 12.9. The molecule has 0 saturated carbocycles. The molecule has 0 aromatic heterocycles. The third kappa shape index (κ3) is 3.70. The van der Waals surface area contributed by atoms with E-state index in [-0.39, 0.29) is 11.4 Å². The first-order valence-corrected chi connectivity index (χ1v) is 7.11. The number of hydrogen-bond acceptors (Lipinski definition) is 2. The predicted octanol–water partition coefficient (Wildman–Crippen LogP) is 3.35. The highest BCUT2D eigenvalue weighted by Crippen LogP contribution is 2.25. The quantitative estimate of drug-likeness (QED) is 0.868. The fourth-order valence-electron chi connectivity index (χ4n) is 1.53. The molecule has 3 N–H and O–H groups in total. The summed E-state index contributed by atoms with van der Waals surface area (Å²) >= 11 is 9.36. The van der Waals surface area contributed by atoms with Crippen LogP contribution in [0.25, 0.3) is 0 Å². The van der Waals surface area contributed by atoms with Crippen molar-refractivity contribution in [2.24, 2.45) is 5.73 Å². The molecule has 0 spiro atoms. The average Bonchev–Trinajstić information content (AvgIpc) is 2.39. The van der Waals surface area contributed by atoms with Crippen LogP contribution in [-0.2, 0) is 0 Å². The molecular formula is C13H18BrClN2O. The SMILES string of the molecule is CCC(N)(CC)CNC(=O)c1cccc(Br)c1Cl. The Hall–Kier alpha value is -0.580. The summed E-state index contributed by atoms with van der Waals surface area (Å²) in [5, 5.41) is 3.26. The highest BCUT2D eigenvalue weighted by Gasteiger charge is 2.22. The summed E-state index contributed by atoms with van der Waals surface area (Å²) in [6, 6.07) is 5.27. The minimum absolute atomic E-state index is 0.196. The topological polar surface area (TPSA) is 55.1 Å². The molecule has 0 saturated heterocycles. The Morgan fingerprint density at radius 1 is 1.44 bits per heavy atom. The smallest absolute Gasteiger partial charge is 0.252 e. The maximum absolute atomic E-state index is 12.0. The summed E-state index contributed by atoms with van der Waals surface area (Å²) in [6.07, 6.45) is 1.63. The first kappa shape index (κ1) is 15.5. The number of hydrogen-bond donors (Lipinski definition) is 2. The Balaban J connectivity index is 2.75. The number of carbonyl (C=O) groups excluding carboxylic acids is 1. The molecule has 1 amide bonds. The van der Waals surface area contributed by atoms with Crippen molar-refractivity contribution >= 4 is 33.4 Å². The molecule has 1 rings (SSSR count). The van der Waals surface area contributed by atoms with E-state index in [0.29, 0.717) is 21.6 Å². The fourth-order valence-corrected chi connectivity index (χ4v) is 2.11. The Bertz CT molecular complexity index is 433. The maximum Gasteiger partial charge on any atom is 0.252 e. The van der Waals surface area contributed by atoms with Crippen LogP contribution >= 0.6 is 27.5 Å². The van der Waals surface area contributed by atoms with Gasteiger partial charge in [-0.15, -0.1) is 0 Å². The average molecular weight is 334 g/mol. The van der Waals surface area contributed by atoms with Crippen molar-refractivity contribution in [3.63, 3.8) is 0 Å². The van der Waals surface area contributed by atoms with Crippen LogP contribution in [-0.4, -0.2) is 18.0 Å². The molecule has 0 aliphatic heterocycles. The second kappa shape index (κ2) is 6.55. The van der Waals surface area contributed by atoms with Crippen LogP contribution < -0.4 is 11.1 Å². The van der Waals surface area contributed by atoms with E-state index in [4.69, 9.17) is 17.3 Å². The largest absolute Gasteiger partial charge is 0.350 e. The van der Waals surface area contributed by atoms with Crippen LogP contribution in [0, 0.1) is 0 Å². The van der Waals surface area contributed by atoms with Gasteiger partial charge in [0.2, 0.25) is 0 Å². The molecule has 3 nitrogen and oxygen atoms in total. The third-order valence-corrected chi connectivity index (χ3v) is 4.50. The lowest BCUT2D eigenvalue weighted by molar-refractivity contribution is 0.0942. The van der Waals surface area contributed by atoms with E-state index in [0.717, 1.165) is 12.8 Å². The number of rotatable bonds is 5. The summed E-state index contributed by atoms with van der Waals surface area (Å²) in [7, 11) is 0. The predicted molar refractivity (Wildman–Crippen MR) is 79.0 cm³/mol. The van der Waals surface area contributed by atoms with Crippen molar-refractivity contribution in [1.29, 1.82) is 0 Å². The highest BCUT2D eigenvalue weighted by atomic mass is 79.9. The van der Waals surface area contributed by atoms with Gasteiger partial charge in [0.1, 0.15) is 0 Å². The number of carbonyl (C=O) groups is 1. The van der Waals surface area contributed by atoms with Crippen molar-refractivity contribution in [1.82, 2.24) is 5.32 Å². The van der Waals surface area contributed by atoms with Gasteiger partial charge in [-0.25, -0.2) is 0 Å². The number of nitrogens with one attached hydrogen (secondary N) is 1. The lowest BCUT2D eigenvalue weighted by Crippen LogP contribution is -2.49. The molecule has 0 heterocycles. The third-order valence-electron chi connectivity index (χ3n) is 3.21. The molecule has 0 fully saturated rings. The number of benzene rings is 1. The first-order valence-electron chi connectivity index (χ1n) is 5.94. The minimum atomic E-state index is -0.353. The Labute approximate surface area is 121 Å². The molecule has 1 aromatic rings. The van der Waals surface area contributed by atoms with Gasteiger partial charge in [-0.05, 0) is 40.9 Å². The van der Waals surface area contributed by atoms with E-state index < -0.39 is 0 Å². The molecule has 0 atom stereocenters. The van der Waals surface area contributed by atoms with Crippen molar-refractivity contribution < 1.29 is 4.79 Å². The van der Waals surface area contributed by atoms with Gasteiger partial charge in [0.15, 0.2) is 0 Å². The zero-order valence-electron chi connectivity index (χ0n) is 10.6. The van der Waals surface area contributed by atoms with Gasteiger partial charge >= 0.3 is 0 Å². The molecule has 0 radical (unpaired) electrons. The van der Waals surface area contributed by atoms with Gasteiger partial charge in [0.25, 0.3) is 5.91 Å². The maximum atomic E-state index is 12.0. The summed E-state index contributed by atoms with van der Waals surface area (Å²) < 4.78 is 0.710. The van der Waals surface area contributed by atoms with Crippen LogP contribution in [0.3, 0.4) is 0 Å². The van der Waals surface area contributed by atoms with Crippen molar-refractivity contribution in [3.8, 4) is 0 Å².